The molecule has 0 saturated heterocycles. The third-order valence-corrected chi connectivity index (χ3v) is 1.59. The second kappa shape index (κ2) is 7.63. The van der Waals surface area contributed by atoms with Gasteiger partial charge in [-0.1, -0.05) is 6.92 Å². The number of terminal acetylenes is 1. The SMILES string of the molecule is C#CCCNCC(C)C(=O)OCC. The molecule has 0 aromatic carbocycles. The maximum atomic E-state index is 11.1. The fourth-order valence-electron chi connectivity index (χ4n) is 0.847. The lowest BCUT2D eigenvalue weighted by Gasteiger charge is -2.10. The summed E-state index contributed by atoms with van der Waals surface area (Å²) in [7, 11) is 0. The van der Waals surface area contributed by atoms with Gasteiger partial charge in [-0.3, -0.25) is 4.79 Å². The molecule has 0 fully saturated rings. The van der Waals surface area contributed by atoms with Crippen LogP contribution in [0.2, 0.25) is 0 Å². The first-order chi connectivity index (χ1) is 6.22. The second-order valence-electron chi connectivity index (χ2n) is 2.81. The van der Waals surface area contributed by atoms with E-state index in [0.717, 1.165) is 6.54 Å². The van der Waals surface area contributed by atoms with Gasteiger partial charge in [0.15, 0.2) is 0 Å². The van der Waals surface area contributed by atoms with Crippen molar-refractivity contribution in [3.8, 4) is 12.3 Å². The number of hydrogen-bond acceptors (Lipinski definition) is 3. The summed E-state index contributed by atoms with van der Waals surface area (Å²) in [6.45, 7) is 5.45. The molecule has 3 heteroatoms. The van der Waals surface area contributed by atoms with Gasteiger partial charge in [-0.2, -0.15) is 0 Å². The van der Waals surface area contributed by atoms with E-state index in [9.17, 15) is 4.79 Å². The molecule has 1 unspecified atom stereocenters. The predicted octanol–water partition coefficient (Wildman–Crippen LogP) is 0.798. The Labute approximate surface area is 79.8 Å². The molecule has 0 saturated carbocycles. The number of rotatable bonds is 6. The molecule has 0 aromatic rings. The Morgan fingerprint density at radius 1 is 1.69 bits per heavy atom. The van der Waals surface area contributed by atoms with Crippen molar-refractivity contribution >= 4 is 5.97 Å². The summed E-state index contributed by atoms with van der Waals surface area (Å²) in [6.07, 6.45) is 5.76. The standard InChI is InChI=1S/C10H17NO2/c1-4-6-7-11-8-9(3)10(12)13-5-2/h1,9,11H,5-8H2,2-3H3. The predicted molar refractivity (Wildman–Crippen MR) is 52.1 cm³/mol. The molecule has 0 heterocycles. The summed E-state index contributed by atoms with van der Waals surface area (Å²) in [5, 5.41) is 3.08. The monoisotopic (exact) mass is 183 g/mol. The van der Waals surface area contributed by atoms with Crippen molar-refractivity contribution in [1.82, 2.24) is 5.32 Å². The zero-order valence-electron chi connectivity index (χ0n) is 8.30. The fraction of sp³-hybridized carbons (Fsp3) is 0.700. The molecule has 0 amide bonds. The molecule has 0 radical (unpaired) electrons. The van der Waals surface area contributed by atoms with Crippen molar-refractivity contribution in [2.24, 2.45) is 5.92 Å². The molecule has 0 bridgehead atoms. The number of carbonyl (C=O) groups is 1. The van der Waals surface area contributed by atoms with Crippen molar-refractivity contribution in [3.05, 3.63) is 0 Å². The van der Waals surface area contributed by atoms with Crippen molar-refractivity contribution in [1.29, 1.82) is 0 Å². The van der Waals surface area contributed by atoms with E-state index in [4.69, 9.17) is 11.2 Å². The normalized spacial score (nSPS) is 11.8. The summed E-state index contributed by atoms with van der Waals surface area (Å²) < 4.78 is 4.84. The Balaban J connectivity index is 3.45. The minimum absolute atomic E-state index is 0.0993. The number of esters is 1. The van der Waals surface area contributed by atoms with Crippen LogP contribution >= 0.6 is 0 Å². The number of ether oxygens (including phenoxy) is 1. The maximum absolute atomic E-state index is 11.1. The van der Waals surface area contributed by atoms with Crippen LogP contribution in [0.15, 0.2) is 0 Å². The first-order valence-corrected chi connectivity index (χ1v) is 4.53. The molecule has 1 atom stereocenters. The Bertz CT molecular complexity index is 184. The van der Waals surface area contributed by atoms with Gasteiger partial charge < -0.3 is 10.1 Å². The largest absolute Gasteiger partial charge is 0.466 e. The average Bonchev–Trinajstić information content (AvgIpc) is 2.12. The fourth-order valence-corrected chi connectivity index (χ4v) is 0.847. The van der Waals surface area contributed by atoms with E-state index in [1.54, 1.807) is 6.92 Å². The third-order valence-electron chi connectivity index (χ3n) is 1.59. The van der Waals surface area contributed by atoms with Crippen molar-refractivity contribution < 1.29 is 9.53 Å². The van der Waals surface area contributed by atoms with Crippen LogP contribution in [-0.4, -0.2) is 25.7 Å². The third kappa shape index (κ3) is 6.18. The van der Waals surface area contributed by atoms with E-state index in [1.807, 2.05) is 6.92 Å². The number of carbonyl (C=O) groups excluding carboxylic acids is 1. The molecule has 0 aliphatic heterocycles. The van der Waals surface area contributed by atoms with Crippen LogP contribution in [0.1, 0.15) is 20.3 Å². The van der Waals surface area contributed by atoms with Gasteiger partial charge in [-0.05, 0) is 6.92 Å². The van der Waals surface area contributed by atoms with Gasteiger partial charge in [-0.15, -0.1) is 12.3 Å². The summed E-state index contributed by atoms with van der Waals surface area (Å²) in [6, 6.07) is 0. The van der Waals surface area contributed by atoms with Gasteiger partial charge in [0.2, 0.25) is 0 Å². The minimum Gasteiger partial charge on any atom is -0.466 e. The Morgan fingerprint density at radius 2 is 2.38 bits per heavy atom. The summed E-state index contributed by atoms with van der Waals surface area (Å²) in [5.74, 6) is 2.26. The lowest BCUT2D eigenvalue weighted by molar-refractivity contribution is -0.147. The molecule has 0 rings (SSSR count). The van der Waals surface area contributed by atoms with Crippen LogP contribution in [0.4, 0.5) is 0 Å². The molecule has 13 heavy (non-hydrogen) atoms. The quantitative estimate of drug-likeness (QED) is 0.376. The molecule has 74 valence electrons. The summed E-state index contributed by atoms with van der Waals surface area (Å²) in [5.41, 5.74) is 0. The Morgan fingerprint density at radius 3 is 2.92 bits per heavy atom. The van der Waals surface area contributed by atoms with Crippen molar-refractivity contribution in [2.45, 2.75) is 20.3 Å². The lowest BCUT2D eigenvalue weighted by Crippen LogP contribution is -2.28. The van der Waals surface area contributed by atoms with E-state index in [0.29, 0.717) is 19.6 Å². The first kappa shape index (κ1) is 12.0. The molecular weight excluding hydrogens is 166 g/mol. The number of nitrogens with one attached hydrogen (secondary N) is 1. The van der Waals surface area contributed by atoms with Crippen LogP contribution in [0.25, 0.3) is 0 Å². The van der Waals surface area contributed by atoms with Crippen molar-refractivity contribution in [3.63, 3.8) is 0 Å². The van der Waals surface area contributed by atoms with Gasteiger partial charge in [-0.25, -0.2) is 0 Å². The van der Waals surface area contributed by atoms with Crippen LogP contribution in [0.3, 0.4) is 0 Å². The Hall–Kier alpha value is -1.01. The topological polar surface area (TPSA) is 38.3 Å². The van der Waals surface area contributed by atoms with Crippen LogP contribution < -0.4 is 5.32 Å². The minimum atomic E-state index is -0.157. The summed E-state index contributed by atoms with van der Waals surface area (Å²) in [4.78, 5) is 11.1. The van der Waals surface area contributed by atoms with Crippen LogP contribution in [0.5, 0.6) is 0 Å². The van der Waals surface area contributed by atoms with Gasteiger partial charge in [0, 0.05) is 19.5 Å². The van der Waals surface area contributed by atoms with E-state index in [1.165, 1.54) is 0 Å². The zero-order chi connectivity index (χ0) is 10.1. The van der Waals surface area contributed by atoms with Gasteiger partial charge in [0.05, 0.1) is 12.5 Å². The van der Waals surface area contributed by atoms with Crippen LogP contribution in [0, 0.1) is 18.3 Å². The summed E-state index contributed by atoms with van der Waals surface area (Å²) >= 11 is 0. The van der Waals surface area contributed by atoms with Crippen LogP contribution in [-0.2, 0) is 9.53 Å². The molecular formula is C10H17NO2. The highest BCUT2D eigenvalue weighted by Crippen LogP contribution is 1.96. The van der Waals surface area contributed by atoms with E-state index in [2.05, 4.69) is 11.2 Å². The highest BCUT2D eigenvalue weighted by atomic mass is 16.5. The lowest BCUT2D eigenvalue weighted by atomic mass is 10.2. The molecule has 1 N–H and O–H groups in total. The second-order valence-corrected chi connectivity index (χ2v) is 2.81. The van der Waals surface area contributed by atoms with Crippen molar-refractivity contribution in [2.75, 3.05) is 19.7 Å². The maximum Gasteiger partial charge on any atom is 0.309 e. The van der Waals surface area contributed by atoms with Gasteiger partial charge in [0.1, 0.15) is 0 Å². The number of hydrogen-bond donors (Lipinski definition) is 1. The molecule has 0 spiro atoms. The van der Waals surface area contributed by atoms with E-state index in [-0.39, 0.29) is 11.9 Å². The highest BCUT2D eigenvalue weighted by molar-refractivity contribution is 5.72. The van der Waals surface area contributed by atoms with Gasteiger partial charge in [0.25, 0.3) is 0 Å². The average molecular weight is 183 g/mol. The molecule has 0 aliphatic rings. The Kier molecular flexibility index (Phi) is 7.04. The molecule has 0 aromatic heterocycles. The van der Waals surface area contributed by atoms with E-state index >= 15 is 0 Å². The highest BCUT2D eigenvalue weighted by Gasteiger charge is 2.12. The first-order valence-electron chi connectivity index (χ1n) is 4.53. The van der Waals surface area contributed by atoms with E-state index < -0.39 is 0 Å². The smallest absolute Gasteiger partial charge is 0.309 e. The van der Waals surface area contributed by atoms with Gasteiger partial charge >= 0.3 is 5.97 Å². The molecule has 3 nitrogen and oxygen atoms in total. The zero-order valence-corrected chi connectivity index (χ0v) is 8.30. The molecule has 0 aliphatic carbocycles.